The van der Waals surface area contributed by atoms with E-state index in [9.17, 15) is 57.5 Å². The van der Waals surface area contributed by atoms with Gasteiger partial charge in [0.1, 0.15) is 95.8 Å². The molecule has 0 aliphatic heterocycles. The van der Waals surface area contributed by atoms with Crippen molar-refractivity contribution in [1.29, 1.82) is 0 Å². The Bertz CT molecular complexity index is 9720. The first kappa shape index (κ1) is 99.6. The molecular weight excluding hydrogens is 2010 g/mol. The van der Waals surface area contributed by atoms with Crippen LogP contribution in [-0.2, 0) is 36.8 Å². The van der Waals surface area contributed by atoms with E-state index in [2.05, 4.69) is 44.0 Å². The van der Waals surface area contributed by atoms with Crippen molar-refractivity contribution in [1.82, 2.24) is 0 Å². The minimum absolute atomic E-state index is 0.0323. The fourth-order valence-corrected chi connectivity index (χ4v) is 23.0. The predicted molar refractivity (Wildman–Crippen MR) is 607 cm³/mol. The molecule has 1 aliphatic rings. The second-order valence-electron chi connectivity index (χ2n) is 35.9. The minimum atomic E-state index is -0.520. The van der Waals surface area contributed by atoms with Crippen LogP contribution in [0.1, 0.15) is 72.1 Å². The zero-order valence-corrected chi connectivity index (χ0v) is 84.9. The average molecular weight is 2090 g/mol. The standard InChI is InChI=1S/C24H15NO3S.C21H15NO3S.C20H15NO3S.C20H13NO3S.C19H13NO3S.C16H15NO3S/c26-22(17-12-10-16(11-13-17)15-6-2-1-3-7-15)25-23-21-19(14-29-23)18-8-4-5-9-20(18)28-24(21)27;23-19(15-10-14(15)12-6-2-1-3-7-12)22-20-18-16(11-26-20)13-8-4-5-9-17(13)25-21(18)24;2*22-17(11-10-13-6-2-1-3-7-13)21-19-18-15(12-25-19)14-8-4-5-9-16(14)24-20(18)23;21-16(10-12-6-2-1-3-7-12)20-18-17-14(11-24-18)13-8-4-5-9-15(13)23-19(17)22;1-16(2,3)15(19)17-13-12-10(8-21-13)9-6-4-5-7-11(9)20-14(12)18/h1-14H,(H,25,26);1-9,11,14-15H,10H2,(H,22,23);1-9,12H,10-11H2,(H,21,22);1-12H,(H,21,22);1-9,11H,10H2,(H,20,21);4-8H,1-3H3,(H,17,19)/b;;;11-10+;;. The van der Waals surface area contributed by atoms with Gasteiger partial charge in [0.2, 0.25) is 29.5 Å². The molecule has 24 aromatic rings. The Morgan fingerprint density at radius 1 is 0.307 bits per heavy atom. The number of fused-ring (bicyclic) bond motifs is 18. The topological polar surface area (TPSA) is 356 Å². The van der Waals surface area contributed by atoms with Crippen molar-refractivity contribution in [3.8, 4) is 11.1 Å². The largest absolute Gasteiger partial charge is 0.422 e. The van der Waals surface area contributed by atoms with Crippen LogP contribution in [0.15, 0.2) is 415 Å². The molecule has 12 aromatic heterocycles. The van der Waals surface area contributed by atoms with Crippen LogP contribution in [0.5, 0.6) is 0 Å². The molecule has 0 bridgehead atoms. The molecule has 1 fully saturated rings. The van der Waals surface area contributed by atoms with Crippen LogP contribution in [0.4, 0.5) is 30.0 Å². The van der Waals surface area contributed by atoms with Gasteiger partial charge in [0, 0.05) is 126 Å². The molecule has 2 atom stereocenters. The van der Waals surface area contributed by atoms with Crippen LogP contribution in [0, 0.1) is 11.3 Å². The van der Waals surface area contributed by atoms with E-state index in [1.807, 2.05) is 314 Å². The zero-order chi connectivity index (χ0) is 104. The third kappa shape index (κ3) is 22.0. The molecule has 30 heteroatoms. The van der Waals surface area contributed by atoms with Crippen molar-refractivity contribution in [3.63, 3.8) is 0 Å². The van der Waals surface area contributed by atoms with E-state index in [0.29, 0.717) is 114 Å². The van der Waals surface area contributed by atoms with Crippen LogP contribution < -0.4 is 65.7 Å². The van der Waals surface area contributed by atoms with Crippen molar-refractivity contribution in [2.45, 2.75) is 52.4 Å². The Labute approximate surface area is 875 Å². The molecule has 6 N–H and O–H groups in total. The smallest absolute Gasteiger partial charge is 0.347 e. The van der Waals surface area contributed by atoms with Gasteiger partial charge >= 0.3 is 33.8 Å². The first-order valence-electron chi connectivity index (χ1n) is 47.4. The Morgan fingerprint density at radius 2 is 0.607 bits per heavy atom. The first-order chi connectivity index (χ1) is 73.0. The third-order valence-electron chi connectivity index (χ3n) is 24.9. The number of thiophene rings is 6. The maximum absolute atomic E-state index is 12.7. The maximum atomic E-state index is 12.7. The van der Waals surface area contributed by atoms with E-state index in [4.69, 9.17) is 26.5 Å². The van der Waals surface area contributed by atoms with Crippen molar-refractivity contribution in [3.05, 3.63) is 450 Å². The molecule has 740 valence electrons. The van der Waals surface area contributed by atoms with Crippen molar-refractivity contribution < 1.29 is 55.3 Å². The fraction of sp³-hybridized carbons (Fsp3) is 0.0833. The number of nitrogens with one attached hydrogen (secondary N) is 6. The predicted octanol–water partition coefficient (Wildman–Crippen LogP) is 28.1. The summed E-state index contributed by atoms with van der Waals surface area (Å²) in [6, 6.07) is 101. The third-order valence-corrected chi connectivity index (χ3v) is 30.3. The van der Waals surface area contributed by atoms with Crippen LogP contribution >= 0.6 is 68.0 Å². The molecule has 0 saturated heterocycles. The highest BCUT2D eigenvalue weighted by Crippen LogP contribution is 2.49. The Balaban J connectivity index is 0.000000109. The van der Waals surface area contributed by atoms with Crippen LogP contribution in [0.25, 0.3) is 148 Å². The van der Waals surface area contributed by atoms with E-state index in [-0.39, 0.29) is 53.7 Å². The summed E-state index contributed by atoms with van der Waals surface area (Å²) in [5, 5.41) is 44.3. The monoisotopic (exact) mass is 2090 g/mol. The molecular formula is C120H86N6O18S6. The highest BCUT2D eigenvalue weighted by Gasteiger charge is 2.44. The van der Waals surface area contributed by atoms with Gasteiger partial charge in [0.25, 0.3) is 5.91 Å². The first-order valence-corrected chi connectivity index (χ1v) is 52.7. The van der Waals surface area contributed by atoms with Crippen molar-refractivity contribution >= 4 is 270 Å². The van der Waals surface area contributed by atoms with Crippen LogP contribution in [-0.4, -0.2) is 35.4 Å². The van der Waals surface area contributed by atoms with Crippen molar-refractivity contribution in [2.24, 2.45) is 11.3 Å². The molecule has 2 unspecified atom stereocenters. The molecule has 150 heavy (non-hydrogen) atoms. The van der Waals surface area contributed by atoms with Crippen molar-refractivity contribution in [2.75, 3.05) is 31.9 Å². The summed E-state index contributed by atoms with van der Waals surface area (Å²) in [6.45, 7) is 5.49. The summed E-state index contributed by atoms with van der Waals surface area (Å²) in [4.78, 5) is 148. The lowest BCUT2D eigenvalue weighted by atomic mass is 9.96. The van der Waals surface area contributed by atoms with E-state index in [0.717, 1.165) is 98.9 Å². The van der Waals surface area contributed by atoms with Gasteiger partial charge in [0.15, 0.2) is 0 Å². The second-order valence-corrected chi connectivity index (χ2v) is 41.1. The molecule has 24 nitrogen and oxygen atoms in total. The number of hydrogen-bond donors (Lipinski definition) is 6. The molecule has 0 radical (unpaired) electrons. The van der Waals surface area contributed by atoms with E-state index < -0.39 is 39.2 Å². The summed E-state index contributed by atoms with van der Waals surface area (Å²) in [5.74, 6) is -0.755. The van der Waals surface area contributed by atoms with Crippen LogP contribution in [0.3, 0.4) is 0 Å². The van der Waals surface area contributed by atoms with Crippen LogP contribution in [0.2, 0.25) is 0 Å². The lowest BCUT2D eigenvalue weighted by molar-refractivity contribution is -0.123. The van der Waals surface area contributed by atoms with Gasteiger partial charge in [-0.2, -0.15) is 0 Å². The van der Waals surface area contributed by atoms with E-state index >= 15 is 0 Å². The number of amides is 6. The summed E-state index contributed by atoms with van der Waals surface area (Å²) < 4.78 is 32.3. The van der Waals surface area contributed by atoms with E-state index in [1.54, 1.807) is 54.6 Å². The quantitative estimate of drug-likeness (QED) is 0.0364. The molecule has 12 aromatic carbocycles. The summed E-state index contributed by atoms with van der Waals surface area (Å²) in [7, 11) is 0. The number of aryl methyl sites for hydroxylation is 1. The maximum Gasteiger partial charge on any atom is 0.347 e. The molecule has 6 amide bonds. The Kier molecular flexibility index (Phi) is 29.4. The van der Waals surface area contributed by atoms with Gasteiger partial charge in [-0.1, -0.05) is 294 Å². The number of carbonyl (C=O) groups is 6. The summed E-state index contributed by atoms with van der Waals surface area (Å²) in [5.41, 5.74) is 7.01. The van der Waals surface area contributed by atoms with Gasteiger partial charge < -0.3 is 58.4 Å². The molecule has 25 rings (SSSR count). The minimum Gasteiger partial charge on any atom is -0.422 e. The Morgan fingerprint density at radius 3 is 0.980 bits per heavy atom. The molecule has 1 saturated carbocycles. The highest BCUT2D eigenvalue weighted by atomic mass is 32.1. The van der Waals surface area contributed by atoms with E-state index in [1.165, 1.54) is 79.7 Å². The fourth-order valence-electron chi connectivity index (χ4n) is 17.3. The number of carbonyl (C=O) groups excluding carboxylic acids is 6. The van der Waals surface area contributed by atoms with Gasteiger partial charge in [-0.3, -0.25) is 28.8 Å². The molecule has 1 aliphatic carbocycles. The number of para-hydroxylation sites is 6. The lowest BCUT2D eigenvalue weighted by Gasteiger charge is -2.16. The van der Waals surface area contributed by atoms with Gasteiger partial charge in [-0.25, -0.2) is 28.8 Å². The number of benzene rings is 12. The normalized spacial score (nSPS) is 12.6. The van der Waals surface area contributed by atoms with Gasteiger partial charge in [-0.05, 0) is 107 Å². The summed E-state index contributed by atoms with van der Waals surface area (Å²) in [6.07, 6.45) is 5.30. The zero-order valence-electron chi connectivity index (χ0n) is 80.0. The number of anilines is 6. The SMILES string of the molecule is CC(C)(C)C(=O)Nc1scc2c1c(=O)oc1ccccc12.O=C(/C=C/c1ccccc1)Nc1scc2c1c(=O)oc1ccccc12.O=C(CCc1ccccc1)Nc1scc2c1c(=O)oc1ccccc12.O=C(Cc1ccccc1)Nc1scc2c1c(=O)oc1ccccc12.O=C(Nc1scc2c1c(=O)oc1ccccc12)C1CC1c1ccccc1.O=C(Nc1scc2c1c(=O)oc1ccccc12)c1ccc(-c2ccccc2)cc1. The average Bonchev–Trinajstić information content (AvgIpc) is 1.61. The van der Waals surface area contributed by atoms with Gasteiger partial charge in [-0.15, -0.1) is 68.0 Å². The van der Waals surface area contributed by atoms with Gasteiger partial charge in [0.05, 0.1) is 6.42 Å². The summed E-state index contributed by atoms with van der Waals surface area (Å²) >= 11 is 8.04. The Hall–Kier alpha value is -17.8. The lowest BCUT2D eigenvalue weighted by Crippen LogP contribution is -2.27. The second kappa shape index (κ2) is 44.3. The molecule has 0 spiro atoms. The highest BCUT2D eigenvalue weighted by molar-refractivity contribution is 7.18. The number of hydrogen-bond acceptors (Lipinski definition) is 24. The number of rotatable bonds is 17. The molecule has 12 heterocycles.